The monoisotopic (exact) mass is 357 g/mol. The van der Waals surface area contributed by atoms with Crippen LogP contribution in [0, 0.1) is 5.92 Å². The first-order valence-electron chi connectivity index (χ1n) is 7.18. The smallest absolute Gasteiger partial charge is 0.160 e. The van der Waals surface area contributed by atoms with E-state index in [2.05, 4.69) is 44.3 Å². The number of hydrogen-bond acceptors (Lipinski definition) is 2. The van der Waals surface area contributed by atoms with Gasteiger partial charge in [0.2, 0.25) is 0 Å². The van der Waals surface area contributed by atoms with Gasteiger partial charge in [0, 0.05) is 29.5 Å². The lowest BCUT2D eigenvalue weighted by molar-refractivity contribution is 0.507. The third-order valence-electron chi connectivity index (χ3n) is 3.36. The maximum Gasteiger partial charge on any atom is 0.160 e. The molecule has 110 valence electrons. The summed E-state index contributed by atoms with van der Waals surface area (Å²) in [6.07, 6.45) is 6.31. The van der Waals surface area contributed by atoms with Crippen molar-refractivity contribution in [1.82, 2.24) is 14.5 Å². The number of unbranched alkanes of at least 4 members (excludes halogenated alkanes) is 1. The third kappa shape index (κ3) is 3.95. The summed E-state index contributed by atoms with van der Waals surface area (Å²) >= 11 is 9.33. The Morgan fingerprint density at radius 3 is 2.85 bits per heavy atom. The number of rotatable bonds is 7. The topological polar surface area (TPSA) is 30.7 Å². The molecule has 0 aliphatic carbocycles. The molecule has 5 heteroatoms. The minimum Gasteiger partial charge on any atom is -0.313 e. The highest BCUT2D eigenvalue weighted by Gasteiger charge is 2.11. The molecule has 0 amide bonds. The van der Waals surface area contributed by atoms with Crippen molar-refractivity contribution in [3.05, 3.63) is 22.6 Å². The second kappa shape index (κ2) is 7.41. The molecule has 20 heavy (non-hydrogen) atoms. The summed E-state index contributed by atoms with van der Waals surface area (Å²) in [5.41, 5.74) is 1.92. The molecule has 2 aromatic rings. The lowest BCUT2D eigenvalue weighted by Gasteiger charge is -2.09. The van der Waals surface area contributed by atoms with Crippen molar-refractivity contribution in [1.29, 1.82) is 0 Å². The molecule has 0 aromatic carbocycles. The van der Waals surface area contributed by atoms with E-state index in [1.165, 1.54) is 12.8 Å². The van der Waals surface area contributed by atoms with Gasteiger partial charge in [-0.3, -0.25) is 0 Å². The molecule has 0 aliphatic heterocycles. The van der Waals surface area contributed by atoms with E-state index < -0.39 is 0 Å². The Labute approximate surface area is 133 Å². The summed E-state index contributed by atoms with van der Waals surface area (Å²) in [6.45, 7) is 5.51. The second-order valence-corrected chi connectivity index (χ2v) is 6.80. The van der Waals surface area contributed by atoms with Crippen LogP contribution in [0.2, 0.25) is 0 Å². The molecular weight excluding hydrogens is 338 g/mol. The normalized spacial score (nSPS) is 11.7. The summed E-state index contributed by atoms with van der Waals surface area (Å²) in [5, 5.41) is 0. The number of pyridine rings is 1. The maximum atomic E-state index is 5.89. The summed E-state index contributed by atoms with van der Waals surface area (Å²) in [5.74, 6) is 2.41. The lowest BCUT2D eigenvalue weighted by Crippen LogP contribution is -2.06. The number of aromatic nitrogens is 3. The van der Waals surface area contributed by atoms with Crippen molar-refractivity contribution in [3.63, 3.8) is 0 Å². The van der Waals surface area contributed by atoms with Crippen LogP contribution in [0.25, 0.3) is 11.2 Å². The average Bonchev–Trinajstić information content (AvgIpc) is 2.72. The molecule has 0 N–H and O–H groups in total. The number of aryl methyl sites for hydroxylation is 2. The fourth-order valence-electron chi connectivity index (χ4n) is 2.37. The first-order chi connectivity index (χ1) is 9.61. The molecule has 2 rings (SSSR count). The van der Waals surface area contributed by atoms with Crippen molar-refractivity contribution < 1.29 is 0 Å². The minimum absolute atomic E-state index is 0.594. The zero-order valence-electron chi connectivity index (χ0n) is 12.1. The molecule has 2 heterocycles. The first kappa shape index (κ1) is 15.8. The van der Waals surface area contributed by atoms with E-state index in [1.54, 1.807) is 0 Å². The Morgan fingerprint density at radius 2 is 2.15 bits per heavy atom. The zero-order chi connectivity index (χ0) is 14.5. The molecule has 0 fully saturated rings. The molecule has 0 saturated carbocycles. The Morgan fingerprint density at radius 1 is 1.35 bits per heavy atom. The summed E-state index contributed by atoms with van der Waals surface area (Å²) in [6, 6.07) is 2.02. The van der Waals surface area contributed by atoms with Crippen molar-refractivity contribution in [2.75, 3.05) is 5.88 Å². The molecule has 3 nitrogen and oxygen atoms in total. The fourth-order valence-corrected chi connectivity index (χ4v) is 2.85. The van der Waals surface area contributed by atoms with E-state index in [4.69, 9.17) is 11.6 Å². The van der Waals surface area contributed by atoms with Crippen LogP contribution in [-0.2, 0) is 13.0 Å². The number of imidazole rings is 1. The van der Waals surface area contributed by atoms with Crippen molar-refractivity contribution in [2.24, 2.45) is 5.92 Å². The Bertz CT molecular complexity index is 565. The SMILES string of the molecule is CC(C)CCCCn1c(CCCl)nc2cc(Br)cnc21. The van der Waals surface area contributed by atoms with Gasteiger partial charge in [-0.25, -0.2) is 9.97 Å². The highest BCUT2D eigenvalue weighted by Crippen LogP contribution is 2.20. The van der Waals surface area contributed by atoms with Crippen LogP contribution >= 0.6 is 27.5 Å². The molecule has 0 aliphatic rings. The van der Waals surface area contributed by atoms with Gasteiger partial charge in [0.1, 0.15) is 11.3 Å². The largest absolute Gasteiger partial charge is 0.313 e. The summed E-state index contributed by atoms with van der Waals surface area (Å²) < 4.78 is 3.19. The highest BCUT2D eigenvalue weighted by molar-refractivity contribution is 9.10. The number of nitrogens with zero attached hydrogens (tertiary/aromatic N) is 3. The van der Waals surface area contributed by atoms with Gasteiger partial charge in [0.15, 0.2) is 5.65 Å². The van der Waals surface area contributed by atoms with E-state index in [1.807, 2.05) is 12.3 Å². The molecule has 2 aromatic heterocycles. The predicted octanol–water partition coefficient (Wildman–Crippen LogP) is 4.80. The standard InChI is InChI=1S/C15H21BrClN3/c1-11(2)5-3-4-8-20-14(6-7-17)19-13-9-12(16)10-18-15(13)20/h9-11H,3-8H2,1-2H3. The van der Waals surface area contributed by atoms with Gasteiger partial charge in [-0.2, -0.15) is 0 Å². The average molecular weight is 359 g/mol. The minimum atomic E-state index is 0.594. The molecule has 0 saturated heterocycles. The highest BCUT2D eigenvalue weighted by atomic mass is 79.9. The van der Waals surface area contributed by atoms with Gasteiger partial charge in [-0.05, 0) is 34.3 Å². The Balaban J connectivity index is 2.17. The third-order valence-corrected chi connectivity index (χ3v) is 3.98. The van der Waals surface area contributed by atoms with E-state index in [0.29, 0.717) is 5.88 Å². The van der Waals surface area contributed by atoms with E-state index >= 15 is 0 Å². The Kier molecular flexibility index (Phi) is 5.85. The molecule has 0 bridgehead atoms. The lowest BCUT2D eigenvalue weighted by atomic mass is 10.1. The van der Waals surface area contributed by atoms with Gasteiger partial charge in [-0.1, -0.05) is 26.7 Å². The van der Waals surface area contributed by atoms with Gasteiger partial charge in [-0.15, -0.1) is 11.6 Å². The van der Waals surface area contributed by atoms with Crippen LogP contribution in [-0.4, -0.2) is 20.4 Å². The Hall–Kier alpha value is -0.610. The van der Waals surface area contributed by atoms with Gasteiger partial charge >= 0.3 is 0 Å². The zero-order valence-corrected chi connectivity index (χ0v) is 14.4. The quantitative estimate of drug-likeness (QED) is 0.525. The molecule has 0 radical (unpaired) electrons. The predicted molar refractivity (Wildman–Crippen MR) is 88.3 cm³/mol. The first-order valence-corrected chi connectivity index (χ1v) is 8.51. The molecular formula is C15H21BrClN3. The van der Waals surface area contributed by atoms with E-state index in [9.17, 15) is 0 Å². The van der Waals surface area contributed by atoms with E-state index in [0.717, 1.165) is 46.8 Å². The van der Waals surface area contributed by atoms with Crippen LogP contribution in [0.15, 0.2) is 16.7 Å². The molecule has 0 spiro atoms. The molecule has 0 atom stereocenters. The van der Waals surface area contributed by atoms with Crippen LogP contribution < -0.4 is 0 Å². The van der Waals surface area contributed by atoms with Gasteiger partial charge in [0.25, 0.3) is 0 Å². The number of fused-ring (bicyclic) bond motifs is 1. The van der Waals surface area contributed by atoms with Crippen LogP contribution in [0.4, 0.5) is 0 Å². The van der Waals surface area contributed by atoms with Gasteiger partial charge in [0.05, 0.1) is 0 Å². The maximum absolute atomic E-state index is 5.89. The summed E-state index contributed by atoms with van der Waals surface area (Å²) in [4.78, 5) is 9.17. The van der Waals surface area contributed by atoms with Crippen LogP contribution in [0.1, 0.15) is 38.9 Å². The van der Waals surface area contributed by atoms with Crippen molar-refractivity contribution in [2.45, 2.75) is 46.1 Å². The van der Waals surface area contributed by atoms with Crippen LogP contribution in [0.5, 0.6) is 0 Å². The van der Waals surface area contributed by atoms with Gasteiger partial charge < -0.3 is 4.57 Å². The second-order valence-electron chi connectivity index (χ2n) is 5.50. The van der Waals surface area contributed by atoms with E-state index in [-0.39, 0.29) is 0 Å². The molecule has 0 unspecified atom stereocenters. The number of hydrogen-bond donors (Lipinski definition) is 0. The number of halogens is 2. The van der Waals surface area contributed by atoms with Crippen molar-refractivity contribution in [3.8, 4) is 0 Å². The fraction of sp³-hybridized carbons (Fsp3) is 0.600. The summed E-state index contributed by atoms with van der Waals surface area (Å²) in [7, 11) is 0. The van der Waals surface area contributed by atoms with Crippen molar-refractivity contribution >= 4 is 38.7 Å². The number of alkyl halides is 1. The van der Waals surface area contributed by atoms with Crippen LogP contribution in [0.3, 0.4) is 0 Å².